The van der Waals surface area contributed by atoms with E-state index in [1.807, 2.05) is 0 Å². The summed E-state index contributed by atoms with van der Waals surface area (Å²) in [5, 5.41) is 10.8. The van der Waals surface area contributed by atoms with Crippen molar-refractivity contribution in [3.05, 3.63) is 73.1 Å². The van der Waals surface area contributed by atoms with Crippen LogP contribution in [0.3, 0.4) is 0 Å². The summed E-state index contributed by atoms with van der Waals surface area (Å²) in [6.45, 7) is 0. The van der Waals surface area contributed by atoms with Crippen molar-refractivity contribution in [3.8, 4) is 0 Å². The molecule has 2 aromatic rings. The molecule has 1 saturated heterocycles. The van der Waals surface area contributed by atoms with E-state index in [2.05, 4.69) is 0 Å². The molecule has 9 heteroatoms. The van der Waals surface area contributed by atoms with Gasteiger partial charge in [-0.1, -0.05) is 23.2 Å². The van der Waals surface area contributed by atoms with E-state index in [1.54, 1.807) is 0 Å². The van der Waals surface area contributed by atoms with Gasteiger partial charge in [-0.3, -0.25) is 19.7 Å². The van der Waals surface area contributed by atoms with Gasteiger partial charge in [0.15, 0.2) is 0 Å². The van der Waals surface area contributed by atoms with Crippen LogP contribution >= 0.6 is 35.0 Å². The van der Waals surface area contributed by atoms with Gasteiger partial charge in [0.25, 0.3) is 16.8 Å². The van der Waals surface area contributed by atoms with Crippen LogP contribution in [0.4, 0.5) is 16.2 Å². The lowest BCUT2D eigenvalue weighted by Gasteiger charge is -2.13. The Morgan fingerprint density at radius 3 is 2.32 bits per heavy atom. The summed E-state index contributed by atoms with van der Waals surface area (Å²) in [7, 11) is 0. The summed E-state index contributed by atoms with van der Waals surface area (Å²) >= 11 is 12.6. The Kier molecular flexibility index (Phi) is 4.80. The molecular weight excluding hydrogens is 387 g/mol. The van der Waals surface area contributed by atoms with Crippen molar-refractivity contribution in [2.24, 2.45) is 0 Å². The van der Waals surface area contributed by atoms with Gasteiger partial charge in [-0.2, -0.15) is 0 Å². The maximum Gasteiger partial charge on any atom is 0.298 e. The van der Waals surface area contributed by atoms with Crippen LogP contribution in [0.1, 0.15) is 5.56 Å². The number of hydrogen-bond acceptors (Lipinski definition) is 5. The second kappa shape index (κ2) is 6.87. The minimum Gasteiger partial charge on any atom is -0.268 e. The Labute approximate surface area is 156 Å². The standard InChI is InChI=1S/C16H8Cl2N2O4S/c17-12-6-5-11(8-13(12)18)19-15(21)14(25-16(19)22)7-9-1-3-10(4-2-9)20(23)24/h1-8H/b14-7-. The third-order valence-corrected chi connectivity index (χ3v) is 4.97. The molecule has 0 aromatic heterocycles. The smallest absolute Gasteiger partial charge is 0.268 e. The van der Waals surface area contributed by atoms with Crippen molar-refractivity contribution >= 4 is 63.6 Å². The molecule has 0 aliphatic carbocycles. The first-order valence-electron chi connectivity index (χ1n) is 6.84. The predicted molar refractivity (Wildman–Crippen MR) is 98.0 cm³/mol. The number of carbonyl (C=O) groups is 2. The van der Waals surface area contributed by atoms with Gasteiger partial charge in [0.05, 0.1) is 25.6 Å². The molecule has 126 valence electrons. The lowest BCUT2D eigenvalue weighted by molar-refractivity contribution is -0.384. The number of amides is 2. The molecule has 0 saturated carbocycles. The number of anilines is 1. The van der Waals surface area contributed by atoms with E-state index in [4.69, 9.17) is 23.2 Å². The van der Waals surface area contributed by atoms with Crippen LogP contribution in [0, 0.1) is 10.1 Å². The topological polar surface area (TPSA) is 80.5 Å². The molecule has 1 aliphatic heterocycles. The number of hydrogen-bond donors (Lipinski definition) is 0. The van der Waals surface area contributed by atoms with E-state index in [-0.39, 0.29) is 15.6 Å². The fourth-order valence-corrected chi connectivity index (χ4v) is 3.29. The SMILES string of the molecule is O=C1S/C(=C\c2ccc([N+](=O)[O-])cc2)C(=O)N1c1ccc(Cl)c(Cl)c1. The lowest BCUT2D eigenvalue weighted by atomic mass is 10.2. The number of halogens is 2. The third-order valence-electron chi connectivity index (χ3n) is 3.36. The molecule has 0 unspecified atom stereocenters. The summed E-state index contributed by atoms with van der Waals surface area (Å²) in [6, 6.07) is 10.1. The van der Waals surface area contributed by atoms with Crippen LogP contribution in [0.25, 0.3) is 6.08 Å². The van der Waals surface area contributed by atoms with Gasteiger partial charge < -0.3 is 0 Å². The largest absolute Gasteiger partial charge is 0.298 e. The average Bonchev–Trinajstić information content (AvgIpc) is 2.85. The molecule has 0 radical (unpaired) electrons. The zero-order valence-corrected chi connectivity index (χ0v) is 14.6. The maximum atomic E-state index is 12.5. The zero-order chi connectivity index (χ0) is 18.1. The first-order chi connectivity index (χ1) is 11.9. The molecule has 0 spiro atoms. The minimum absolute atomic E-state index is 0.0546. The van der Waals surface area contributed by atoms with Crippen LogP contribution in [0.15, 0.2) is 47.4 Å². The summed E-state index contributed by atoms with van der Waals surface area (Å²) in [5.41, 5.74) is 0.843. The second-order valence-electron chi connectivity index (χ2n) is 4.96. The number of non-ortho nitro benzene ring substituents is 1. The highest BCUT2D eigenvalue weighted by Gasteiger charge is 2.36. The maximum absolute atomic E-state index is 12.5. The van der Waals surface area contributed by atoms with Gasteiger partial charge in [0, 0.05) is 12.1 Å². The third kappa shape index (κ3) is 3.53. The van der Waals surface area contributed by atoms with Gasteiger partial charge in [-0.05, 0) is 53.7 Å². The van der Waals surface area contributed by atoms with Crippen LogP contribution in [-0.4, -0.2) is 16.1 Å². The summed E-state index contributed by atoms with van der Waals surface area (Å²) < 4.78 is 0. The molecule has 0 N–H and O–H groups in total. The van der Waals surface area contributed by atoms with Crippen molar-refractivity contribution in [3.63, 3.8) is 0 Å². The molecule has 2 aromatic carbocycles. The highest BCUT2D eigenvalue weighted by Crippen LogP contribution is 2.37. The van der Waals surface area contributed by atoms with Crippen molar-refractivity contribution in [2.75, 3.05) is 4.90 Å². The minimum atomic E-state index is -0.512. The van der Waals surface area contributed by atoms with Crippen LogP contribution < -0.4 is 4.90 Å². The monoisotopic (exact) mass is 394 g/mol. The molecular formula is C16H8Cl2N2O4S. The van der Waals surface area contributed by atoms with Gasteiger partial charge in [0.2, 0.25) is 0 Å². The van der Waals surface area contributed by atoms with Gasteiger partial charge in [-0.25, -0.2) is 4.90 Å². The molecule has 0 bridgehead atoms. The van der Waals surface area contributed by atoms with Gasteiger partial charge in [0.1, 0.15) is 0 Å². The average molecular weight is 395 g/mol. The summed E-state index contributed by atoms with van der Waals surface area (Å²) in [4.78, 5) is 36.1. The van der Waals surface area contributed by atoms with Crippen molar-refractivity contribution in [1.82, 2.24) is 0 Å². The first kappa shape index (κ1) is 17.5. The molecule has 1 aliphatic rings. The Bertz CT molecular complexity index is 928. The van der Waals surface area contributed by atoms with Crippen LogP contribution in [-0.2, 0) is 4.79 Å². The Morgan fingerprint density at radius 2 is 1.72 bits per heavy atom. The molecule has 3 rings (SSSR count). The molecule has 6 nitrogen and oxygen atoms in total. The quantitative estimate of drug-likeness (QED) is 0.408. The Balaban J connectivity index is 1.90. The molecule has 1 fully saturated rings. The fourth-order valence-electron chi connectivity index (χ4n) is 2.16. The highest BCUT2D eigenvalue weighted by molar-refractivity contribution is 8.19. The predicted octanol–water partition coefficient (Wildman–Crippen LogP) is 5.14. The molecule has 2 amide bonds. The number of carbonyl (C=O) groups excluding carboxylic acids is 2. The number of nitro groups is 1. The number of rotatable bonds is 3. The van der Waals surface area contributed by atoms with E-state index in [0.29, 0.717) is 16.3 Å². The zero-order valence-electron chi connectivity index (χ0n) is 12.3. The number of imide groups is 1. The van der Waals surface area contributed by atoms with Crippen molar-refractivity contribution in [2.45, 2.75) is 0 Å². The molecule has 0 atom stereocenters. The molecule has 25 heavy (non-hydrogen) atoms. The van der Waals surface area contributed by atoms with E-state index in [9.17, 15) is 19.7 Å². The normalized spacial score (nSPS) is 15.9. The number of benzene rings is 2. The second-order valence-corrected chi connectivity index (χ2v) is 6.77. The first-order valence-corrected chi connectivity index (χ1v) is 8.41. The van der Waals surface area contributed by atoms with Crippen molar-refractivity contribution < 1.29 is 14.5 Å². The van der Waals surface area contributed by atoms with E-state index in [1.165, 1.54) is 48.5 Å². The lowest BCUT2D eigenvalue weighted by Crippen LogP contribution is -2.27. The summed E-state index contributed by atoms with van der Waals surface area (Å²) in [6.07, 6.45) is 1.51. The van der Waals surface area contributed by atoms with Crippen LogP contribution in [0.2, 0.25) is 10.0 Å². The van der Waals surface area contributed by atoms with E-state index in [0.717, 1.165) is 16.7 Å². The summed E-state index contributed by atoms with van der Waals surface area (Å²) in [5.74, 6) is -0.494. The number of nitro benzene ring substituents is 1. The van der Waals surface area contributed by atoms with Crippen LogP contribution in [0.5, 0.6) is 0 Å². The van der Waals surface area contributed by atoms with Gasteiger partial charge >= 0.3 is 0 Å². The Morgan fingerprint density at radius 1 is 1.04 bits per heavy atom. The fraction of sp³-hybridized carbons (Fsp3) is 0. The highest BCUT2D eigenvalue weighted by atomic mass is 35.5. The number of nitrogens with zero attached hydrogens (tertiary/aromatic N) is 2. The van der Waals surface area contributed by atoms with E-state index >= 15 is 0 Å². The van der Waals surface area contributed by atoms with Crippen molar-refractivity contribution in [1.29, 1.82) is 0 Å². The van der Waals surface area contributed by atoms with Gasteiger partial charge in [-0.15, -0.1) is 0 Å². The molecule has 1 heterocycles. The number of thioether (sulfide) groups is 1. The van der Waals surface area contributed by atoms with E-state index < -0.39 is 16.1 Å². The Hall–Kier alpha value is -2.35.